The van der Waals surface area contributed by atoms with Crippen LogP contribution in [0.3, 0.4) is 0 Å². The number of fused-ring (bicyclic) bond motifs is 1. The topological polar surface area (TPSA) is 61.3 Å². The first-order valence-electron chi connectivity index (χ1n) is 7.31. The molecule has 0 radical (unpaired) electrons. The van der Waals surface area contributed by atoms with Crippen molar-refractivity contribution in [2.45, 2.75) is 13.5 Å². The minimum Gasteiger partial charge on any atom is -0.494 e. The van der Waals surface area contributed by atoms with Crippen molar-refractivity contribution in [2.24, 2.45) is 0 Å². The Bertz CT molecular complexity index is 912. The molecular formula is C18H15IN2O3. The summed E-state index contributed by atoms with van der Waals surface area (Å²) in [6.07, 6.45) is 0. The fourth-order valence-electron chi connectivity index (χ4n) is 2.42. The van der Waals surface area contributed by atoms with Crippen LogP contribution >= 0.6 is 22.6 Å². The fraction of sp³-hybridized carbons (Fsp3) is 0.167. The lowest BCUT2D eigenvalue weighted by atomic mass is 10.1. The lowest BCUT2D eigenvalue weighted by molar-refractivity contribution is 0.0467. The van der Waals surface area contributed by atoms with Crippen LogP contribution in [0, 0.1) is 10.6 Å². The summed E-state index contributed by atoms with van der Waals surface area (Å²) in [6, 6.07) is 13.0. The lowest BCUT2D eigenvalue weighted by Gasteiger charge is -2.09. The van der Waals surface area contributed by atoms with Gasteiger partial charge >= 0.3 is 5.97 Å². The van der Waals surface area contributed by atoms with Gasteiger partial charge in [-0.1, -0.05) is 18.2 Å². The molecule has 0 saturated carbocycles. The summed E-state index contributed by atoms with van der Waals surface area (Å²) in [4.78, 5) is 20.9. The summed E-state index contributed by atoms with van der Waals surface area (Å²) in [6.45, 7) is 2.10. The molecule has 0 spiro atoms. The van der Waals surface area contributed by atoms with Crippen molar-refractivity contribution < 1.29 is 14.3 Å². The summed E-state index contributed by atoms with van der Waals surface area (Å²) in [5.41, 5.74) is 2.96. The van der Waals surface area contributed by atoms with Gasteiger partial charge in [0.05, 0.1) is 12.6 Å². The third-order valence-electron chi connectivity index (χ3n) is 3.53. The smallest absolute Gasteiger partial charge is 0.357 e. The van der Waals surface area contributed by atoms with E-state index in [1.807, 2.05) is 59.8 Å². The van der Waals surface area contributed by atoms with Gasteiger partial charge in [-0.15, -0.1) is 0 Å². The minimum atomic E-state index is -0.464. The van der Waals surface area contributed by atoms with Crippen molar-refractivity contribution >= 4 is 39.5 Å². The molecule has 0 aliphatic carbocycles. The van der Waals surface area contributed by atoms with E-state index in [-0.39, 0.29) is 12.3 Å². The quantitative estimate of drug-likeness (QED) is 0.354. The summed E-state index contributed by atoms with van der Waals surface area (Å²) in [7, 11) is 1.56. The summed E-state index contributed by atoms with van der Waals surface area (Å²) in [5.74, 6) is 0.164. The highest BCUT2D eigenvalue weighted by Crippen LogP contribution is 2.21. The molecule has 24 heavy (non-hydrogen) atoms. The number of rotatable bonds is 4. The van der Waals surface area contributed by atoms with Crippen molar-refractivity contribution in [1.29, 1.82) is 0 Å². The highest BCUT2D eigenvalue weighted by atomic mass is 127. The molecule has 1 aromatic carbocycles. The molecule has 6 heteroatoms. The van der Waals surface area contributed by atoms with Gasteiger partial charge in [0.1, 0.15) is 16.0 Å². The largest absolute Gasteiger partial charge is 0.494 e. The second kappa shape index (κ2) is 7.12. The van der Waals surface area contributed by atoms with Crippen LogP contribution < -0.4 is 4.74 Å². The Kier molecular flexibility index (Phi) is 4.94. The van der Waals surface area contributed by atoms with Crippen molar-refractivity contribution in [3.05, 3.63) is 63.1 Å². The standard InChI is InChI=1S/C18H15IN2O3/c1-11-9-12(13-5-3-4-6-14(13)20-11)10-24-18(22)15-7-8-16(23-2)17(19)21-15/h3-9H,10H2,1-2H3. The van der Waals surface area contributed by atoms with Gasteiger partial charge in [0.2, 0.25) is 0 Å². The van der Waals surface area contributed by atoms with Gasteiger partial charge < -0.3 is 9.47 Å². The van der Waals surface area contributed by atoms with Crippen LogP contribution in [0.4, 0.5) is 0 Å². The maximum absolute atomic E-state index is 12.2. The number of carbonyl (C=O) groups is 1. The van der Waals surface area contributed by atoms with E-state index in [0.717, 1.165) is 22.2 Å². The first-order chi connectivity index (χ1) is 11.6. The van der Waals surface area contributed by atoms with Gasteiger partial charge in [0, 0.05) is 16.6 Å². The Labute approximate surface area is 153 Å². The molecule has 0 atom stereocenters. The van der Waals surface area contributed by atoms with Crippen molar-refractivity contribution in [1.82, 2.24) is 9.97 Å². The molecule has 0 aliphatic heterocycles. The van der Waals surface area contributed by atoms with Crippen LogP contribution in [-0.4, -0.2) is 23.0 Å². The number of hydrogen-bond acceptors (Lipinski definition) is 5. The van der Waals surface area contributed by atoms with E-state index in [2.05, 4.69) is 9.97 Å². The molecule has 0 amide bonds. The predicted octanol–water partition coefficient (Wildman–Crippen LogP) is 3.91. The Hall–Kier alpha value is -2.22. The van der Waals surface area contributed by atoms with E-state index in [1.54, 1.807) is 19.2 Å². The maximum atomic E-state index is 12.2. The Morgan fingerprint density at radius 1 is 1.17 bits per heavy atom. The number of benzene rings is 1. The number of aromatic nitrogens is 2. The van der Waals surface area contributed by atoms with E-state index < -0.39 is 5.97 Å². The fourth-order valence-corrected chi connectivity index (χ4v) is 3.08. The third-order valence-corrected chi connectivity index (χ3v) is 4.31. The van der Waals surface area contributed by atoms with Crippen molar-refractivity contribution in [2.75, 3.05) is 7.11 Å². The van der Waals surface area contributed by atoms with Crippen LogP contribution in [0.1, 0.15) is 21.7 Å². The number of ether oxygens (including phenoxy) is 2. The van der Waals surface area contributed by atoms with E-state index in [9.17, 15) is 4.79 Å². The molecule has 122 valence electrons. The van der Waals surface area contributed by atoms with E-state index in [1.165, 1.54) is 0 Å². The molecule has 3 rings (SSSR count). The molecular weight excluding hydrogens is 419 g/mol. The molecule has 0 N–H and O–H groups in total. The monoisotopic (exact) mass is 434 g/mol. The van der Waals surface area contributed by atoms with Gasteiger partial charge in [-0.05, 0) is 53.8 Å². The first-order valence-corrected chi connectivity index (χ1v) is 8.39. The number of pyridine rings is 2. The van der Waals surface area contributed by atoms with Crippen molar-refractivity contribution in [3.8, 4) is 5.75 Å². The zero-order chi connectivity index (χ0) is 17.1. The number of para-hydroxylation sites is 1. The summed E-state index contributed by atoms with van der Waals surface area (Å²) >= 11 is 2.02. The molecule has 2 aromatic heterocycles. The van der Waals surface area contributed by atoms with Crippen LogP contribution in [0.5, 0.6) is 5.75 Å². The van der Waals surface area contributed by atoms with E-state index >= 15 is 0 Å². The number of halogens is 1. The van der Waals surface area contributed by atoms with E-state index in [4.69, 9.17) is 9.47 Å². The minimum absolute atomic E-state index is 0.174. The van der Waals surface area contributed by atoms with Gasteiger partial charge in [-0.3, -0.25) is 4.98 Å². The number of nitrogens with zero attached hydrogens (tertiary/aromatic N) is 2. The Morgan fingerprint density at radius 2 is 1.96 bits per heavy atom. The number of methoxy groups -OCH3 is 1. The SMILES string of the molecule is COc1ccc(C(=O)OCc2cc(C)nc3ccccc23)nc1I. The molecule has 0 bridgehead atoms. The summed E-state index contributed by atoms with van der Waals surface area (Å²) < 4.78 is 11.2. The Balaban J connectivity index is 1.81. The first kappa shape index (κ1) is 16.6. The average Bonchev–Trinajstić information content (AvgIpc) is 2.59. The maximum Gasteiger partial charge on any atom is 0.357 e. The van der Waals surface area contributed by atoms with Crippen LogP contribution in [0.15, 0.2) is 42.5 Å². The summed E-state index contributed by atoms with van der Waals surface area (Å²) in [5, 5.41) is 0.980. The number of aryl methyl sites for hydroxylation is 1. The number of esters is 1. The molecule has 0 fully saturated rings. The highest BCUT2D eigenvalue weighted by Gasteiger charge is 2.13. The second-order valence-electron chi connectivity index (χ2n) is 5.21. The number of carbonyl (C=O) groups excluding carboxylic acids is 1. The molecule has 2 heterocycles. The predicted molar refractivity (Wildman–Crippen MR) is 99.1 cm³/mol. The molecule has 0 unspecified atom stereocenters. The van der Waals surface area contributed by atoms with Gasteiger partial charge in [0.25, 0.3) is 0 Å². The third kappa shape index (κ3) is 3.48. The Morgan fingerprint density at radius 3 is 2.71 bits per heavy atom. The molecule has 0 saturated heterocycles. The van der Waals surface area contributed by atoms with Gasteiger partial charge in [-0.2, -0.15) is 0 Å². The normalized spacial score (nSPS) is 10.6. The van der Waals surface area contributed by atoms with Crippen LogP contribution in [0.2, 0.25) is 0 Å². The van der Waals surface area contributed by atoms with Crippen LogP contribution in [0.25, 0.3) is 10.9 Å². The molecule has 0 aliphatic rings. The number of hydrogen-bond donors (Lipinski definition) is 0. The van der Waals surface area contributed by atoms with Crippen molar-refractivity contribution in [3.63, 3.8) is 0 Å². The molecule has 3 aromatic rings. The van der Waals surface area contributed by atoms with Gasteiger partial charge in [0.15, 0.2) is 5.75 Å². The second-order valence-corrected chi connectivity index (χ2v) is 6.23. The zero-order valence-corrected chi connectivity index (χ0v) is 15.4. The van der Waals surface area contributed by atoms with Crippen LogP contribution in [-0.2, 0) is 11.3 Å². The molecule has 5 nitrogen and oxygen atoms in total. The lowest BCUT2D eigenvalue weighted by Crippen LogP contribution is -2.09. The highest BCUT2D eigenvalue weighted by molar-refractivity contribution is 14.1. The van der Waals surface area contributed by atoms with Gasteiger partial charge in [-0.25, -0.2) is 9.78 Å². The van der Waals surface area contributed by atoms with E-state index in [0.29, 0.717) is 9.45 Å². The zero-order valence-electron chi connectivity index (χ0n) is 13.2. The average molecular weight is 434 g/mol.